The van der Waals surface area contributed by atoms with Crippen molar-refractivity contribution in [3.8, 4) is 22.4 Å². The van der Waals surface area contributed by atoms with E-state index in [1.54, 1.807) is 0 Å². The number of hydrogen-bond donors (Lipinski definition) is 0. The Labute approximate surface area is 222 Å². The molecule has 1 aliphatic carbocycles. The summed E-state index contributed by atoms with van der Waals surface area (Å²) in [5, 5.41) is 3.92. The first kappa shape index (κ1) is 24.2. The maximum atomic E-state index is 6.88. The Morgan fingerprint density at radius 3 is 2.27 bits per heavy atom. The molecule has 3 heteroatoms. The van der Waals surface area contributed by atoms with Crippen molar-refractivity contribution in [2.24, 2.45) is 7.05 Å². The summed E-state index contributed by atoms with van der Waals surface area (Å²) in [6, 6.07) is 25.1. The molecule has 1 fully saturated rings. The van der Waals surface area contributed by atoms with Crippen LogP contribution in [0.25, 0.3) is 44.3 Å². The number of fused-ring (bicyclic) bond motifs is 3. The molecule has 6 rings (SSSR count). The Kier molecular flexibility index (Phi) is 6.07. The number of aromatic nitrogens is 1. The third-order valence-electron chi connectivity index (χ3n) is 8.42. The van der Waals surface area contributed by atoms with E-state index in [1.807, 2.05) is 0 Å². The van der Waals surface area contributed by atoms with Crippen molar-refractivity contribution in [1.29, 1.82) is 0 Å². The molecule has 0 amide bonds. The number of benzene rings is 3. The molecule has 0 saturated heterocycles. The van der Waals surface area contributed by atoms with Crippen molar-refractivity contribution < 1.29 is 8.98 Å². The van der Waals surface area contributed by atoms with Crippen LogP contribution in [0.4, 0.5) is 0 Å². The Morgan fingerprint density at radius 1 is 0.811 bits per heavy atom. The summed E-state index contributed by atoms with van der Waals surface area (Å²) in [6.45, 7) is 9.50. The molecule has 0 atom stereocenters. The number of pyridine rings is 1. The molecule has 2 heterocycles. The molecule has 3 aromatic carbocycles. The highest BCUT2D eigenvalue weighted by Gasteiger charge is 2.25. The summed E-state index contributed by atoms with van der Waals surface area (Å²) >= 11 is 0. The van der Waals surface area contributed by atoms with Crippen molar-refractivity contribution in [2.75, 3.05) is 0 Å². The van der Waals surface area contributed by atoms with Gasteiger partial charge in [-0.25, -0.2) is 4.57 Å². The Balaban J connectivity index is 1.59. The van der Waals surface area contributed by atoms with Gasteiger partial charge in [-0.15, -0.1) is 0 Å². The van der Waals surface area contributed by atoms with Gasteiger partial charge in [0.15, 0.2) is 6.20 Å². The van der Waals surface area contributed by atoms with E-state index in [0.717, 1.165) is 17.1 Å². The highest BCUT2D eigenvalue weighted by atomic mass is 28.3. The fourth-order valence-electron chi connectivity index (χ4n) is 6.16. The molecule has 0 spiro atoms. The minimum absolute atomic E-state index is 0.722. The van der Waals surface area contributed by atoms with Crippen LogP contribution in [-0.2, 0) is 7.05 Å². The fourth-order valence-corrected chi connectivity index (χ4v) is 7.31. The fraction of sp³-hybridized carbons (Fsp3) is 0.324. The first-order valence-electron chi connectivity index (χ1n) is 13.9. The van der Waals surface area contributed by atoms with Crippen molar-refractivity contribution in [3.05, 3.63) is 84.1 Å². The molecule has 0 N–H and O–H groups in total. The topological polar surface area (TPSA) is 17.0 Å². The predicted octanol–water partition coefficient (Wildman–Crippen LogP) is 8.65. The van der Waals surface area contributed by atoms with Gasteiger partial charge in [-0.2, -0.15) is 0 Å². The quantitative estimate of drug-likeness (QED) is 0.177. The van der Waals surface area contributed by atoms with Gasteiger partial charge in [0.05, 0.1) is 13.6 Å². The highest BCUT2D eigenvalue weighted by molar-refractivity contribution is 6.89. The molecule has 1 saturated carbocycles. The average Bonchev–Trinajstić information content (AvgIpc) is 3.27. The van der Waals surface area contributed by atoms with E-state index in [4.69, 9.17) is 4.42 Å². The van der Waals surface area contributed by atoms with E-state index in [9.17, 15) is 0 Å². The van der Waals surface area contributed by atoms with Crippen LogP contribution in [0.5, 0.6) is 0 Å². The summed E-state index contributed by atoms with van der Waals surface area (Å²) in [7, 11) is 0.554. The zero-order chi connectivity index (χ0) is 25.7. The average molecular weight is 505 g/mol. The van der Waals surface area contributed by atoms with Gasteiger partial charge in [-0.3, -0.25) is 0 Å². The van der Waals surface area contributed by atoms with E-state index in [0.29, 0.717) is 0 Å². The van der Waals surface area contributed by atoms with Gasteiger partial charge < -0.3 is 4.42 Å². The van der Waals surface area contributed by atoms with Gasteiger partial charge in [-0.05, 0) is 48.4 Å². The SMILES string of the molecule is Cc1ccc2c(oc3c(-c4ccc(C5CCCCC5)cc4)cc([Si](C)(C)C)cc32)c1-c1cccc[n+]1C. The van der Waals surface area contributed by atoms with Crippen molar-refractivity contribution in [3.63, 3.8) is 0 Å². The lowest BCUT2D eigenvalue weighted by Gasteiger charge is -2.22. The smallest absolute Gasteiger partial charge is 0.216 e. The second-order valence-electron chi connectivity index (χ2n) is 12.0. The molecule has 2 nitrogen and oxygen atoms in total. The van der Waals surface area contributed by atoms with Crippen molar-refractivity contribution >= 4 is 35.2 Å². The minimum Gasteiger partial charge on any atom is -0.454 e. The van der Waals surface area contributed by atoms with E-state index < -0.39 is 8.07 Å². The second-order valence-corrected chi connectivity index (χ2v) is 17.1. The molecule has 1 aliphatic rings. The zero-order valence-electron chi connectivity index (χ0n) is 22.9. The van der Waals surface area contributed by atoms with Gasteiger partial charge in [0.25, 0.3) is 0 Å². The summed E-state index contributed by atoms with van der Waals surface area (Å²) in [5.41, 5.74) is 9.57. The van der Waals surface area contributed by atoms with Gasteiger partial charge in [0.2, 0.25) is 5.69 Å². The maximum absolute atomic E-state index is 6.88. The normalized spacial score (nSPS) is 15.1. The standard InChI is InChI=1S/C34H38NOSi/c1-23-14-19-28-30-22-27(37(3,4)5)21-29(26-17-15-25(16-18-26)24-11-7-6-8-12-24)33(30)36-34(28)32(23)31-13-9-10-20-35(31)2/h9-10,13-22,24H,6-8,11-12H2,1-5H3/q+1. The van der Waals surface area contributed by atoms with Crippen LogP contribution in [0.1, 0.15) is 49.1 Å². The predicted molar refractivity (Wildman–Crippen MR) is 159 cm³/mol. The number of furan rings is 1. The zero-order valence-corrected chi connectivity index (χ0v) is 23.9. The van der Waals surface area contributed by atoms with Crippen LogP contribution in [-0.4, -0.2) is 8.07 Å². The van der Waals surface area contributed by atoms with Crippen LogP contribution in [0.2, 0.25) is 19.6 Å². The molecule has 5 aromatic rings. The first-order chi connectivity index (χ1) is 17.8. The largest absolute Gasteiger partial charge is 0.454 e. The summed E-state index contributed by atoms with van der Waals surface area (Å²) in [5.74, 6) is 0.722. The molecule has 0 radical (unpaired) electrons. The van der Waals surface area contributed by atoms with Gasteiger partial charge >= 0.3 is 0 Å². The number of nitrogens with zero attached hydrogens (tertiary/aromatic N) is 1. The van der Waals surface area contributed by atoms with Gasteiger partial charge in [-0.1, -0.05) is 92.6 Å². The highest BCUT2D eigenvalue weighted by Crippen LogP contribution is 2.41. The molecule has 0 unspecified atom stereocenters. The van der Waals surface area contributed by atoms with Gasteiger partial charge in [0, 0.05) is 28.5 Å². The first-order valence-corrected chi connectivity index (χ1v) is 17.4. The lowest BCUT2D eigenvalue weighted by Crippen LogP contribution is -2.37. The molecule has 37 heavy (non-hydrogen) atoms. The van der Waals surface area contributed by atoms with E-state index in [2.05, 4.69) is 111 Å². The molecule has 188 valence electrons. The van der Waals surface area contributed by atoms with Crippen molar-refractivity contribution in [2.45, 2.75) is 64.6 Å². The van der Waals surface area contributed by atoms with Gasteiger partial charge in [0.1, 0.15) is 18.2 Å². The third-order valence-corrected chi connectivity index (χ3v) is 10.4. The lowest BCUT2D eigenvalue weighted by atomic mass is 9.83. The third kappa shape index (κ3) is 4.34. The van der Waals surface area contributed by atoms with Crippen LogP contribution in [0, 0.1) is 6.92 Å². The van der Waals surface area contributed by atoms with E-state index in [1.165, 1.54) is 81.6 Å². The maximum Gasteiger partial charge on any atom is 0.216 e. The summed E-state index contributed by atoms with van der Waals surface area (Å²) in [4.78, 5) is 0. The molecular weight excluding hydrogens is 466 g/mol. The Bertz CT molecular complexity index is 1600. The molecule has 0 bridgehead atoms. The van der Waals surface area contributed by atoms with Crippen LogP contribution < -0.4 is 9.75 Å². The van der Waals surface area contributed by atoms with E-state index in [-0.39, 0.29) is 0 Å². The molecule has 0 aliphatic heterocycles. The molecular formula is C34H38NOSi+. The minimum atomic E-state index is -1.56. The lowest BCUT2D eigenvalue weighted by molar-refractivity contribution is -0.660. The number of rotatable bonds is 4. The van der Waals surface area contributed by atoms with Crippen LogP contribution >= 0.6 is 0 Å². The number of aryl methyl sites for hydroxylation is 2. The van der Waals surface area contributed by atoms with Crippen LogP contribution in [0.15, 0.2) is 77.3 Å². The Morgan fingerprint density at radius 2 is 1.57 bits per heavy atom. The Hall–Kier alpha value is -3.17. The second kappa shape index (κ2) is 9.29. The van der Waals surface area contributed by atoms with Crippen LogP contribution in [0.3, 0.4) is 0 Å². The summed E-state index contributed by atoms with van der Waals surface area (Å²) in [6.07, 6.45) is 8.90. The summed E-state index contributed by atoms with van der Waals surface area (Å²) < 4.78 is 9.06. The van der Waals surface area contributed by atoms with Crippen molar-refractivity contribution in [1.82, 2.24) is 0 Å². The number of hydrogen-bond acceptors (Lipinski definition) is 1. The van der Waals surface area contributed by atoms with E-state index >= 15 is 0 Å². The monoisotopic (exact) mass is 504 g/mol. The molecule has 2 aromatic heterocycles.